The lowest BCUT2D eigenvalue weighted by atomic mass is 10.1. The zero-order chi connectivity index (χ0) is 12.4. The van der Waals surface area contributed by atoms with Gasteiger partial charge in [-0.15, -0.1) is 0 Å². The largest absolute Gasteiger partial charge is 0.389 e. The van der Waals surface area contributed by atoms with Crippen molar-refractivity contribution >= 4 is 5.95 Å². The van der Waals surface area contributed by atoms with Gasteiger partial charge in [0.1, 0.15) is 0 Å². The van der Waals surface area contributed by atoms with Crippen molar-refractivity contribution in [3.8, 4) is 0 Å². The van der Waals surface area contributed by atoms with Crippen LogP contribution in [0.2, 0.25) is 0 Å². The summed E-state index contributed by atoms with van der Waals surface area (Å²) in [6, 6.07) is 0. The van der Waals surface area contributed by atoms with E-state index < -0.39 is 6.10 Å². The molecule has 1 aliphatic rings. The minimum Gasteiger partial charge on any atom is -0.389 e. The molecule has 1 atom stereocenters. The predicted molar refractivity (Wildman–Crippen MR) is 67.1 cm³/mol. The second-order valence-electron chi connectivity index (χ2n) is 4.68. The zero-order valence-corrected chi connectivity index (χ0v) is 10.7. The molecule has 0 radical (unpaired) electrons. The van der Waals surface area contributed by atoms with Crippen LogP contribution in [-0.4, -0.2) is 53.2 Å². The number of rotatable bonds is 2. The smallest absolute Gasteiger partial charge is 0.225 e. The highest BCUT2D eigenvalue weighted by molar-refractivity contribution is 5.34. The van der Waals surface area contributed by atoms with E-state index in [-0.39, 0.29) is 0 Å². The zero-order valence-electron chi connectivity index (χ0n) is 10.7. The fourth-order valence-electron chi connectivity index (χ4n) is 2.03. The fraction of sp³-hybridized carbons (Fsp3) is 0.667. The first-order valence-corrected chi connectivity index (χ1v) is 6.03. The van der Waals surface area contributed by atoms with Crippen LogP contribution in [-0.2, 0) is 0 Å². The maximum atomic E-state index is 9.54. The molecule has 0 aliphatic carbocycles. The highest BCUT2D eigenvalue weighted by atomic mass is 16.3. The van der Waals surface area contributed by atoms with Gasteiger partial charge in [-0.1, -0.05) is 0 Å². The van der Waals surface area contributed by atoms with Crippen LogP contribution < -0.4 is 4.90 Å². The van der Waals surface area contributed by atoms with E-state index in [2.05, 4.69) is 26.8 Å². The summed E-state index contributed by atoms with van der Waals surface area (Å²) in [6.45, 7) is 7.67. The van der Waals surface area contributed by atoms with Gasteiger partial charge in [0.25, 0.3) is 0 Å². The van der Waals surface area contributed by atoms with Gasteiger partial charge >= 0.3 is 0 Å². The summed E-state index contributed by atoms with van der Waals surface area (Å²) in [7, 11) is 2.12. The third kappa shape index (κ3) is 2.73. The number of piperazine rings is 1. The molecule has 1 aromatic heterocycles. The molecule has 0 unspecified atom stereocenters. The highest BCUT2D eigenvalue weighted by Crippen LogP contribution is 2.17. The number of likely N-dealkylation sites (N-methyl/N-ethyl adjacent to an activating group) is 1. The lowest BCUT2D eigenvalue weighted by Gasteiger charge is -2.32. The average Bonchev–Trinajstić information content (AvgIpc) is 2.29. The number of aliphatic hydroxyl groups excluding tert-OH is 1. The van der Waals surface area contributed by atoms with Gasteiger partial charge in [-0.2, -0.15) is 0 Å². The molecule has 1 aliphatic heterocycles. The number of nitrogens with zero attached hydrogens (tertiary/aromatic N) is 4. The molecule has 0 spiro atoms. The summed E-state index contributed by atoms with van der Waals surface area (Å²) in [6.07, 6.45) is 1.23. The van der Waals surface area contributed by atoms with Crippen molar-refractivity contribution in [1.29, 1.82) is 0 Å². The Kier molecular flexibility index (Phi) is 3.59. The van der Waals surface area contributed by atoms with E-state index in [1.54, 1.807) is 13.1 Å². The molecule has 0 amide bonds. The SMILES string of the molecule is Cc1nc(N2CCN(C)CC2)ncc1[C@H](C)O. The molecule has 5 nitrogen and oxygen atoms in total. The fourth-order valence-corrected chi connectivity index (χ4v) is 2.03. The van der Waals surface area contributed by atoms with Gasteiger partial charge in [0, 0.05) is 43.6 Å². The summed E-state index contributed by atoms with van der Waals surface area (Å²) >= 11 is 0. The molecule has 0 saturated carbocycles. The first-order valence-electron chi connectivity index (χ1n) is 6.03. The Bertz CT molecular complexity index is 386. The molecule has 94 valence electrons. The molecule has 2 heterocycles. The van der Waals surface area contributed by atoms with Gasteiger partial charge in [-0.3, -0.25) is 0 Å². The van der Waals surface area contributed by atoms with E-state index in [4.69, 9.17) is 0 Å². The lowest BCUT2D eigenvalue weighted by molar-refractivity contribution is 0.197. The van der Waals surface area contributed by atoms with Gasteiger partial charge < -0.3 is 14.9 Å². The van der Waals surface area contributed by atoms with E-state index in [1.807, 2.05) is 6.92 Å². The minimum atomic E-state index is -0.503. The first-order chi connectivity index (χ1) is 8.08. The predicted octanol–water partition coefficient (Wildman–Crippen LogP) is 0.590. The standard InChI is InChI=1S/C12H20N4O/c1-9-11(10(2)17)8-13-12(14-9)16-6-4-15(3)5-7-16/h8,10,17H,4-7H2,1-3H3/t10-/m0/s1. The Morgan fingerprint density at radius 3 is 2.47 bits per heavy atom. The van der Waals surface area contributed by atoms with E-state index in [0.717, 1.165) is 43.4 Å². The molecule has 1 fully saturated rings. The number of aryl methyl sites for hydroxylation is 1. The van der Waals surface area contributed by atoms with E-state index in [9.17, 15) is 5.11 Å². The topological polar surface area (TPSA) is 52.5 Å². The third-order valence-corrected chi connectivity index (χ3v) is 3.24. The normalized spacial score (nSPS) is 19.4. The van der Waals surface area contributed by atoms with Crippen LogP contribution in [0.3, 0.4) is 0 Å². The van der Waals surface area contributed by atoms with Crippen molar-refractivity contribution < 1.29 is 5.11 Å². The van der Waals surface area contributed by atoms with E-state index >= 15 is 0 Å². The number of aliphatic hydroxyl groups is 1. The molecule has 1 N–H and O–H groups in total. The quantitative estimate of drug-likeness (QED) is 0.814. The Balaban J connectivity index is 2.14. The molecule has 5 heteroatoms. The molecule has 1 aromatic rings. The van der Waals surface area contributed by atoms with Crippen LogP contribution in [0.15, 0.2) is 6.20 Å². The Labute approximate surface area is 102 Å². The average molecular weight is 236 g/mol. The molecular formula is C12H20N4O. The minimum absolute atomic E-state index is 0.503. The molecular weight excluding hydrogens is 216 g/mol. The van der Waals surface area contributed by atoms with Gasteiger partial charge in [0.2, 0.25) is 5.95 Å². The van der Waals surface area contributed by atoms with Crippen molar-refractivity contribution in [2.75, 3.05) is 38.1 Å². The molecule has 2 rings (SSSR count). The van der Waals surface area contributed by atoms with Crippen molar-refractivity contribution in [3.63, 3.8) is 0 Å². The molecule has 0 bridgehead atoms. The highest BCUT2D eigenvalue weighted by Gasteiger charge is 2.17. The maximum Gasteiger partial charge on any atom is 0.225 e. The summed E-state index contributed by atoms with van der Waals surface area (Å²) < 4.78 is 0. The van der Waals surface area contributed by atoms with E-state index in [0.29, 0.717) is 0 Å². The Morgan fingerprint density at radius 2 is 1.94 bits per heavy atom. The number of hydrogen-bond acceptors (Lipinski definition) is 5. The van der Waals surface area contributed by atoms with Crippen LogP contribution in [0.1, 0.15) is 24.3 Å². The van der Waals surface area contributed by atoms with Crippen molar-refractivity contribution in [2.45, 2.75) is 20.0 Å². The Morgan fingerprint density at radius 1 is 1.29 bits per heavy atom. The van der Waals surface area contributed by atoms with E-state index in [1.165, 1.54) is 0 Å². The second kappa shape index (κ2) is 4.98. The van der Waals surface area contributed by atoms with Crippen LogP contribution >= 0.6 is 0 Å². The second-order valence-corrected chi connectivity index (χ2v) is 4.68. The van der Waals surface area contributed by atoms with Crippen LogP contribution in [0, 0.1) is 6.92 Å². The van der Waals surface area contributed by atoms with Gasteiger partial charge in [-0.05, 0) is 20.9 Å². The molecule has 17 heavy (non-hydrogen) atoms. The van der Waals surface area contributed by atoms with Crippen LogP contribution in [0.25, 0.3) is 0 Å². The molecule has 0 aromatic carbocycles. The number of hydrogen-bond donors (Lipinski definition) is 1. The summed E-state index contributed by atoms with van der Waals surface area (Å²) in [5, 5.41) is 9.54. The number of aromatic nitrogens is 2. The first kappa shape index (κ1) is 12.3. The van der Waals surface area contributed by atoms with Crippen molar-refractivity contribution in [1.82, 2.24) is 14.9 Å². The van der Waals surface area contributed by atoms with Gasteiger partial charge in [0.05, 0.1) is 6.10 Å². The van der Waals surface area contributed by atoms with Crippen LogP contribution in [0.5, 0.6) is 0 Å². The number of anilines is 1. The monoisotopic (exact) mass is 236 g/mol. The summed E-state index contributed by atoms with van der Waals surface area (Å²) in [5.74, 6) is 0.778. The van der Waals surface area contributed by atoms with Gasteiger partial charge in [-0.25, -0.2) is 9.97 Å². The van der Waals surface area contributed by atoms with Crippen molar-refractivity contribution in [2.24, 2.45) is 0 Å². The summed E-state index contributed by atoms with van der Waals surface area (Å²) in [5.41, 5.74) is 1.67. The Hall–Kier alpha value is -1.20. The summed E-state index contributed by atoms with van der Waals surface area (Å²) in [4.78, 5) is 13.3. The van der Waals surface area contributed by atoms with Gasteiger partial charge in [0.15, 0.2) is 0 Å². The van der Waals surface area contributed by atoms with Crippen molar-refractivity contribution in [3.05, 3.63) is 17.5 Å². The maximum absolute atomic E-state index is 9.54. The third-order valence-electron chi connectivity index (χ3n) is 3.24. The molecule has 1 saturated heterocycles. The van der Waals surface area contributed by atoms with Crippen LogP contribution in [0.4, 0.5) is 5.95 Å². The lowest BCUT2D eigenvalue weighted by Crippen LogP contribution is -2.45.